The zero-order chi connectivity index (χ0) is 14.9. The molecule has 0 unspecified atom stereocenters. The maximum Gasteiger partial charge on any atom is 0.330 e. The quantitative estimate of drug-likeness (QED) is 0.464. The van der Waals surface area contributed by atoms with E-state index in [-0.39, 0.29) is 6.42 Å². The molecule has 0 radical (unpaired) electrons. The smallest absolute Gasteiger partial charge is 0.330 e. The van der Waals surface area contributed by atoms with Crippen molar-refractivity contribution in [1.29, 1.82) is 0 Å². The number of azide groups is 1. The highest BCUT2D eigenvalue weighted by Gasteiger charge is 2.38. The zero-order valence-corrected chi connectivity index (χ0v) is 11.1. The second-order valence-electron chi connectivity index (χ2n) is 4.78. The van der Waals surface area contributed by atoms with E-state index >= 15 is 0 Å². The van der Waals surface area contributed by atoms with Crippen LogP contribution >= 0.6 is 0 Å². The van der Waals surface area contributed by atoms with Gasteiger partial charge in [0.2, 0.25) is 0 Å². The first-order valence-corrected chi connectivity index (χ1v) is 6.14. The molecule has 0 aliphatic carbocycles. The van der Waals surface area contributed by atoms with Crippen LogP contribution in [-0.4, -0.2) is 32.9 Å². The molecule has 0 bridgehead atoms. The number of H-pyrrole nitrogens is 1. The normalized spacial score (nSPS) is 27.1. The Bertz CT molecular complexity index is 658. The van der Waals surface area contributed by atoms with Crippen molar-refractivity contribution in [3.8, 4) is 0 Å². The lowest BCUT2D eigenvalue weighted by atomic mass is 10.1. The van der Waals surface area contributed by atoms with Gasteiger partial charge in [0.05, 0.1) is 18.2 Å². The Morgan fingerprint density at radius 3 is 2.95 bits per heavy atom. The number of aliphatic hydroxyl groups excluding tert-OH is 1. The van der Waals surface area contributed by atoms with Crippen LogP contribution in [0.1, 0.15) is 25.1 Å². The zero-order valence-electron chi connectivity index (χ0n) is 11.1. The fraction of sp³-hybridized carbons (Fsp3) is 0.636. The molecule has 0 spiro atoms. The molecule has 1 aromatic heterocycles. The van der Waals surface area contributed by atoms with Crippen molar-refractivity contribution in [2.45, 2.75) is 44.7 Å². The molecule has 2 heterocycles. The van der Waals surface area contributed by atoms with Crippen molar-refractivity contribution < 1.29 is 9.84 Å². The van der Waals surface area contributed by atoms with E-state index in [1.807, 2.05) is 0 Å². The third-order valence-corrected chi connectivity index (χ3v) is 3.27. The largest absolute Gasteiger partial charge is 0.391 e. The van der Waals surface area contributed by atoms with Gasteiger partial charge in [0.1, 0.15) is 6.23 Å². The van der Waals surface area contributed by atoms with Gasteiger partial charge in [-0.15, -0.1) is 0 Å². The lowest BCUT2D eigenvalue weighted by Crippen LogP contribution is -2.34. The van der Waals surface area contributed by atoms with Crippen molar-refractivity contribution in [3.63, 3.8) is 0 Å². The first kappa shape index (κ1) is 14.3. The number of rotatable bonds is 3. The summed E-state index contributed by atoms with van der Waals surface area (Å²) in [6, 6.07) is -0.566. The fourth-order valence-corrected chi connectivity index (χ4v) is 2.26. The highest BCUT2D eigenvalue weighted by Crippen LogP contribution is 2.31. The fourth-order valence-electron chi connectivity index (χ4n) is 2.26. The summed E-state index contributed by atoms with van der Waals surface area (Å²) in [6.07, 6.45) is -0.563. The lowest BCUT2D eigenvalue weighted by Gasteiger charge is -2.18. The minimum absolute atomic E-state index is 0.255. The van der Waals surface area contributed by atoms with Gasteiger partial charge < -0.3 is 9.84 Å². The predicted octanol–water partition coefficient (Wildman–Crippen LogP) is 0.192. The van der Waals surface area contributed by atoms with Crippen LogP contribution in [0.3, 0.4) is 0 Å². The maximum atomic E-state index is 11.8. The SMILES string of the molecule is Cc1cn([C@H]2C[C@H](N=[N+]=[N-])[C@@H]([C@@H](C)O)O2)c(=O)[nH]c1=O. The van der Waals surface area contributed by atoms with E-state index in [4.69, 9.17) is 10.3 Å². The Labute approximate surface area is 113 Å². The van der Waals surface area contributed by atoms with Crippen molar-refractivity contribution >= 4 is 0 Å². The second kappa shape index (κ2) is 5.49. The van der Waals surface area contributed by atoms with Gasteiger partial charge in [-0.25, -0.2) is 4.79 Å². The molecule has 0 amide bonds. The van der Waals surface area contributed by atoms with Crippen LogP contribution in [0.4, 0.5) is 0 Å². The minimum Gasteiger partial charge on any atom is -0.391 e. The molecule has 108 valence electrons. The van der Waals surface area contributed by atoms with Crippen molar-refractivity contribution in [1.82, 2.24) is 9.55 Å². The number of nitrogens with one attached hydrogen (secondary N) is 1. The average Bonchev–Trinajstić information content (AvgIpc) is 2.78. The molecular formula is C11H15N5O4. The number of aromatic amines is 1. The van der Waals surface area contributed by atoms with E-state index in [0.717, 1.165) is 0 Å². The molecule has 0 saturated carbocycles. The summed E-state index contributed by atoms with van der Waals surface area (Å²) in [4.78, 5) is 28.0. The topological polar surface area (TPSA) is 133 Å². The molecule has 4 atom stereocenters. The van der Waals surface area contributed by atoms with Gasteiger partial charge in [0, 0.05) is 23.1 Å². The Balaban J connectivity index is 2.36. The number of hydrogen-bond donors (Lipinski definition) is 2. The number of ether oxygens (including phenoxy) is 1. The first-order valence-electron chi connectivity index (χ1n) is 6.14. The van der Waals surface area contributed by atoms with E-state index in [9.17, 15) is 14.7 Å². The van der Waals surface area contributed by atoms with Crippen LogP contribution in [0.2, 0.25) is 0 Å². The first-order chi connectivity index (χ1) is 9.43. The summed E-state index contributed by atoms with van der Waals surface area (Å²) in [6.45, 7) is 3.09. The van der Waals surface area contributed by atoms with E-state index in [1.54, 1.807) is 6.92 Å². The molecule has 1 aliphatic rings. The Hall–Kier alpha value is -2.09. The monoisotopic (exact) mass is 281 g/mol. The van der Waals surface area contributed by atoms with Crippen molar-refractivity contribution in [2.24, 2.45) is 5.11 Å². The van der Waals surface area contributed by atoms with E-state index in [2.05, 4.69) is 15.0 Å². The summed E-state index contributed by atoms with van der Waals surface area (Å²) in [5.41, 5.74) is 7.84. The third-order valence-electron chi connectivity index (χ3n) is 3.27. The molecule has 2 N–H and O–H groups in total. The number of aromatic nitrogens is 2. The summed E-state index contributed by atoms with van der Waals surface area (Å²) in [5, 5.41) is 13.2. The van der Waals surface area contributed by atoms with Crippen LogP contribution in [0.25, 0.3) is 10.4 Å². The summed E-state index contributed by atoms with van der Waals surface area (Å²) >= 11 is 0. The van der Waals surface area contributed by atoms with Crippen LogP contribution in [0.15, 0.2) is 20.9 Å². The van der Waals surface area contributed by atoms with E-state index in [1.165, 1.54) is 17.7 Å². The molecule has 1 fully saturated rings. The number of nitrogens with zero attached hydrogens (tertiary/aromatic N) is 4. The second-order valence-corrected chi connectivity index (χ2v) is 4.78. The molecule has 1 saturated heterocycles. The highest BCUT2D eigenvalue weighted by atomic mass is 16.5. The predicted molar refractivity (Wildman–Crippen MR) is 69.2 cm³/mol. The molecular weight excluding hydrogens is 266 g/mol. The van der Waals surface area contributed by atoms with Gasteiger partial charge in [-0.1, -0.05) is 5.11 Å². The maximum absolute atomic E-state index is 11.8. The number of hydrogen-bond acceptors (Lipinski definition) is 5. The van der Waals surface area contributed by atoms with Gasteiger partial charge in [-0.3, -0.25) is 14.3 Å². The Morgan fingerprint density at radius 2 is 2.35 bits per heavy atom. The summed E-state index contributed by atoms with van der Waals surface area (Å²) in [7, 11) is 0. The Morgan fingerprint density at radius 1 is 1.65 bits per heavy atom. The third kappa shape index (κ3) is 2.60. The van der Waals surface area contributed by atoms with Gasteiger partial charge in [-0.05, 0) is 19.4 Å². The van der Waals surface area contributed by atoms with Gasteiger partial charge in [-0.2, -0.15) is 0 Å². The summed E-state index contributed by atoms with van der Waals surface area (Å²) < 4.78 is 6.81. The highest BCUT2D eigenvalue weighted by molar-refractivity contribution is 5.02. The van der Waals surface area contributed by atoms with Crippen LogP contribution in [0, 0.1) is 6.92 Å². The van der Waals surface area contributed by atoms with Gasteiger partial charge in [0.25, 0.3) is 5.56 Å². The lowest BCUT2D eigenvalue weighted by molar-refractivity contribution is -0.0574. The average molecular weight is 281 g/mol. The van der Waals surface area contributed by atoms with Crippen LogP contribution in [-0.2, 0) is 4.74 Å². The van der Waals surface area contributed by atoms with Crippen molar-refractivity contribution in [3.05, 3.63) is 43.0 Å². The van der Waals surface area contributed by atoms with E-state index < -0.39 is 35.7 Å². The summed E-state index contributed by atoms with van der Waals surface area (Å²) in [5.74, 6) is 0. The molecule has 1 aliphatic heterocycles. The number of aryl methyl sites for hydroxylation is 1. The molecule has 0 aromatic carbocycles. The molecule has 1 aromatic rings. The molecule has 9 heteroatoms. The standard InChI is InChI=1S/C11H15N5O4/c1-5-4-16(11(19)13-10(5)18)8-3-7(14-15-12)9(20-8)6(2)17/h4,6-9,17H,3H2,1-2H3,(H,13,18,19)/t6-,7+,8-,9-/m1/s1. The van der Waals surface area contributed by atoms with E-state index in [0.29, 0.717) is 5.56 Å². The number of aliphatic hydroxyl groups is 1. The van der Waals surface area contributed by atoms with Crippen LogP contribution in [0.5, 0.6) is 0 Å². The van der Waals surface area contributed by atoms with Gasteiger partial charge in [0.15, 0.2) is 0 Å². The molecule has 2 rings (SSSR count). The van der Waals surface area contributed by atoms with Crippen LogP contribution < -0.4 is 11.2 Å². The molecule has 20 heavy (non-hydrogen) atoms. The molecule has 9 nitrogen and oxygen atoms in total. The Kier molecular flexibility index (Phi) is 3.93. The van der Waals surface area contributed by atoms with Gasteiger partial charge >= 0.3 is 5.69 Å². The minimum atomic E-state index is -0.838. The van der Waals surface area contributed by atoms with Crippen molar-refractivity contribution in [2.75, 3.05) is 0 Å².